The van der Waals surface area contributed by atoms with Gasteiger partial charge < -0.3 is 19.9 Å². The second kappa shape index (κ2) is 9.24. The van der Waals surface area contributed by atoms with Crippen molar-refractivity contribution in [1.29, 1.82) is 0 Å². The molecule has 0 saturated carbocycles. The lowest BCUT2D eigenvalue weighted by Crippen LogP contribution is -2.57. The third kappa shape index (κ3) is 7.22. The maximum Gasteiger partial charge on any atom is 0.410 e. The molecule has 1 atom stereocenters. The number of ether oxygens (including phenoxy) is 1. The molecule has 150 valence electrons. The van der Waals surface area contributed by atoms with E-state index in [1.54, 1.807) is 9.80 Å². The molecule has 3 amide bonds. The highest BCUT2D eigenvalue weighted by Crippen LogP contribution is 2.14. The summed E-state index contributed by atoms with van der Waals surface area (Å²) in [5.41, 5.74) is -0.534. The van der Waals surface area contributed by atoms with Gasteiger partial charge in [0, 0.05) is 32.6 Å². The Kier molecular flexibility index (Phi) is 7.90. The third-order valence-corrected chi connectivity index (χ3v) is 4.09. The summed E-state index contributed by atoms with van der Waals surface area (Å²) in [6, 6.07) is -0.533. The fraction of sp³-hybridized carbons (Fsp3) is 0.842. The Morgan fingerprint density at radius 2 is 1.46 bits per heavy atom. The average Bonchev–Trinajstić information content (AvgIpc) is 2.49. The quantitative estimate of drug-likeness (QED) is 0.806. The number of amides is 3. The van der Waals surface area contributed by atoms with Crippen molar-refractivity contribution in [3.05, 3.63) is 0 Å². The zero-order chi connectivity index (χ0) is 20.1. The largest absolute Gasteiger partial charge is 0.444 e. The Bertz CT molecular complexity index is 503. The maximum atomic E-state index is 12.8. The van der Waals surface area contributed by atoms with Crippen LogP contribution in [0.2, 0.25) is 0 Å². The summed E-state index contributed by atoms with van der Waals surface area (Å²) < 4.78 is 5.37. The number of rotatable bonds is 5. The molecular formula is C19H35N3O4. The van der Waals surface area contributed by atoms with Gasteiger partial charge in [-0.1, -0.05) is 27.7 Å². The average molecular weight is 370 g/mol. The van der Waals surface area contributed by atoms with Crippen molar-refractivity contribution < 1.29 is 19.1 Å². The second-order valence-corrected chi connectivity index (χ2v) is 8.68. The molecule has 0 aromatic carbocycles. The molecule has 1 unspecified atom stereocenters. The van der Waals surface area contributed by atoms with Crippen molar-refractivity contribution in [2.45, 2.75) is 66.5 Å². The first-order valence-corrected chi connectivity index (χ1v) is 9.46. The molecule has 0 aromatic heterocycles. The van der Waals surface area contributed by atoms with Gasteiger partial charge in [-0.25, -0.2) is 4.79 Å². The summed E-state index contributed by atoms with van der Waals surface area (Å²) in [5, 5.41) is 2.87. The van der Waals surface area contributed by atoms with E-state index in [-0.39, 0.29) is 29.7 Å². The zero-order valence-corrected chi connectivity index (χ0v) is 17.3. The molecule has 1 saturated heterocycles. The van der Waals surface area contributed by atoms with Crippen LogP contribution in [-0.4, -0.2) is 65.5 Å². The van der Waals surface area contributed by atoms with Gasteiger partial charge in [0.15, 0.2) is 0 Å². The Morgan fingerprint density at radius 3 is 1.88 bits per heavy atom. The van der Waals surface area contributed by atoms with Crippen molar-refractivity contribution in [1.82, 2.24) is 15.1 Å². The Balaban J connectivity index is 2.61. The van der Waals surface area contributed by atoms with Crippen molar-refractivity contribution >= 4 is 17.9 Å². The van der Waals surface area contributed by atoms with E-state index in [2.05, 4.69) is 5.32 Å². The van der Waals surface area contributed by atoms with Crippen molar-refractivity contribution in [3.8, 4) is 0 Å². The van der Waals surface area contributed by atoms with Crippen LogP contribution >= 0.6 is 0 Å². The first-order valence-electron chi connectivity index (χ1n) is 9.46. The Morgan fingerprint density at radius 1 is 0.962 bits per heavy atom. The van der Waals surface area contributed by atoms with E-state index in [9.17, 15) is 14.4 Å². The lowest BCUT2D eigenvalue weighted by Gasteiger charge is -2.37. The molecule has 1 aliphatic heterocycles. The van der Waals surface area contributed by atoms with Crippen LogP contribution in [0.4, 0.5) is 4.79 Å². The van der Waals surface area contributed by atoms with Crippen LogP contribution in [0.15, 0.2) is 0 Å². The van der Waals surface area contributed by atoms with E-state index < -0.39 is 11.6 Å². The lowest BCUT2D eigenvalue weighted by atomic mass is 10.0. The minimum absolute atomic E-state index is 0.00231. The summed E-state index contributed by atoms with van der Waals surface area (Å²) in [5.74, 6) is 0.0678. The fourth-order valence-corrected chi connectivity index (χ4v) is 2.75. The molecule has 1 fully saturated rings. The number of hydrogen-bond acceptors (Lipinski definition) is 4. The Labute approximate surface area is 157 Å². The molecule has 26 heavy (non-hydrogen) atoms. The molecule has 1 rings (SSSR count). The summed E-state index contributed by atoms with van der Waals surface area (Å²) in [4.78, 5) is 40.4. The smallest absolute Gasteiger partial charge is 0.410 e. The summed E-state index contributed by atoms with van der Waals surface area (Å²) in [6.07, 6.45) is 0.0541. The van der Waals surface area contributed by atoms with E-state index in [1.807, 2.05) is 48.5 Å². The van der Waals surface area contributed by atoms with Gasteiger partial charge in [-0.05, 0) is 32.6 Å². The van der Waals surface area contributed by atoms with Crippen LogP contribution in [0.1, 0.15) is 54.9 Å². The minimum Gasteiger partial charge on any atom is -0.444 e. The van der Waals surface area contributed by atoms with E-state index in [1.165, 1.54) is 0 Å². The lowest BCUT2D eigenvalue weighted by molar-refractivity contribution is -0.139. The van der Waals surface area contributed by atoms with E-state index in [0.717, 1.165) is 0 Å². The molecule has 7 heteroatoms. The number of carbonyl (C=O) groups is 3. The van der Waals surface area contributed by atoms with E-state index in [0.29, 0.717) is 32.6 Å². The van der Waals surface area contributed by atoms with Gasteiger partial charge in [0.2, 0.25) is 11.8 Å². The normalized spacial score (nSPS) is 16.7. The Hall–Kier alpha value is -1.79. The molecule has 1 aliphatic rings. The molecule has 0 spiro atoms. The standard InChI is InChI=1S/C19H35N3O4/c1-13(2)12-15(23)20-16(14(3)4)17(24)21-8-10-22(11-9-21)18(25)26-19(5,6)7/h13-14,16H,8-12H2,1-7H3,(H,20,23). The van der Waals surface area contributed by atoms with Crippen molar-refractivity contribution in [2.24, 2.45) is 11.8 Å². The maximum absolute atomic E-state index is 12.8. The zero-order valence-electron chi connectivity index (χ0n) is 17.3. The van der Waals surface area contributed by atoms with Crippen LogP contribution in [0, 0.1) is 11.8 Å². The van der Waals surface area contributed by atoms with Gasteiger partial charge in [-0.3, -0.25) is 9.59 Å². The molecule has 0 aliphatic carbocycles. The molecule has 0 radical (unpaired) electrons. The highest BCUT2D eigenvalue weighted by molar-refractivity contribution is 5.88. The monoisotopic (exact) mass is 369 g/mol. The fourth-order valence-electron chi connectivity index (χ4n) is 2.75. The van der Waals surface area contributed by atoms with Gasteiger partial charge in [-0.15, -0.1) is 0 Å². The van der Waals surface area contributed by atoms with Gasteiger partial charge >= 0.3 is 6.09 Å². The molecule has 1 heterocycles. The van der Waals surface area contributed by atoms with Crippen LogP contribution in [0.3, 0.4) is 0 Å². The number of carbonyl (C=O) groups excluding carboxylic acids is 3. The van der Waals surface area contributed by atoms with Gasteiger partial charge in [0.05, 0.1) is 0 Å². The van der Waals surface area contributed by atoms with Crippen molar-refractivity contribution in [2.75, 3.05) is 26.2 Å². The summed E-state index contributed by atoms with van der Waals surface area (Å²) >= 11 is 0. The number of piperazine rings is 1. The predicted octanol–water partition coefficient (Wildman–Crippen LogP) is 2.25. The van der Waals surface area contributed by atoms with Crippen LogP contribution < -0.4 is 5.32 Å². The highest BCUT2D eigenvalue weighted by atomic mass is 16.6. The van der Waals surface area contributed by atoms with Gasteiger partial charge in [0.25, 0.3) is 0 Å². The van der Waals surface area contributed by atoms with Crippen LogP contribution in [0.5, 0.6) is 0 Å². The topological polar surface area (TPSA) is 79.0 Å². The van der Waals surface area contributed by atoms with Gasteiger partial charge in [-0.2, -0.15) is 0 Å². The van der Waals surface area contributed by atoms with E-state index in [4.69, 9.17) is 4.74 Å². The molecule has 0 bridgehead atoms. The SMILES string of the molecule is CC(C)CC(=O)NC(C(=O)N1CCN(C(=O)OC(C)(C)C)CC1)C(C)C. The number of nitrogens with one attached hydrogen (secondary N) is 1. The van der Waals surface area contributed by atoms with Crippen LogP contribution in [-0.2, 0) is 14.3 Å². The third-order valence-electron chi connectivity index (χ3n) is 4.09. The molecule has 0 aromatic rings. The first kappa shape index (κ1) is 22.3. The van der Waals surface area contributed by atoms with Crippen LogP contribution in [0.25, 0.3) is 0 Å². The number of hydrogen-bond donors (Lipinski definition) is 1. The second-order valence-electron chi connectivity index (χ2n) is 8.68. The van der Waals surface area contributed by atoms with Crippen molar-refractivity contribution in [3.63, 3.8) is 0 Å². The highest BCUT2D eigenvalue weighted by Gasteiger charge is 2.32. The summed E-state index contributed by atoms with van der Waals surface area (Å²) in [7, 11) is 0. The van der Waals surface area contributed by atoms with Gasteiger partial charge in [0.1, 0.15) is 11.6 Å². The predicted molar refractivity (Wildman–Crippen MR) is 101 cm³/mol. The first-order chi connectivity index (χ1) is 11.9. The summed E-state index contributed by atoms with van der Waals surface area (Å²) in [6.45, 7) is 15.1. The number of nitrogens with zero attached hydrogens (tertiary/aromatic N) is 2. The van der Waals surface area contributed by atoms with E-state index >= 15 is 0 Å². The molecular weight excluding hydrogens is 334 g/mol. The minimum atomic E-state index is -0.534. The molecule has 1 N–H and O–H groups in total. The molecule has 7 nitrogen and oxygen atoms in total.